The van der Waals surface area contributed by atoms with Gasteiger partial charge in [0.1, 0.15) is 11.8 Å². The molecule has 1 unspecified atom stereocenters. The Morgan fingerprint density at radius 2 is 1.95 bits per heavy atom. The first-order valence-corrected chi connectivity index (χ1v) is 6.58. The zero-order valence-corrected chi connectivity index (χ0v) is 12.8. The van der Waals surface area contributed by atoms with Crippen molar-refractivity contribution in [1.29, 1.82) is 0 Å². The van der Waals surface area contributed by atoms with Crippen molar-refractivity contribution < 1.29 is 14.6 Å². The second-order valence-corrected chi connectivity index (χ2v) is 6.40. The van der Waals surface area contributed by atoms with Crippen LogP contribution in [0.25, 0.3) is 0 Å². The van der Waals surface area contributed by atoms with Crippen LogP contribution in [0.15, 0.2) is 23.2 Å². The molecule has 0 saturated carbocycles. The van der Waals surface area contributed by atoms with Crippen LogP contribution in [0.4, 0.5) is 0 Å². The lowest BCUT2D eigenvalue weighted by atomic mass is 9.82. The first kappa shape index (κ1) is 16.2. The molecule has 0 amide bonds. The maximum atomic E-state index is 11.3. The molecule has 0 aliphatic heterocycles. The van der Waals surface area contributed by atoms with Crippen LogP contribution in [0, 0.1) is 5.41 Å². The van der Waals surface area contributed by atoms with E-state index >= 15 is 0 Å². The number of aldehydes is 1. The van der Waals surface area contributed by atoms with Crippen molar-refractivity contribution in [3.8, 4) is 11.5 Å². The summed E-state index contributed by atoms with van der Waals surface area (Å²) >= 11 is 0. The van der Waals surface area contributed by atoms with Gasteiger partial charge in [-0.25, -0.2) is 0 Å². The van der Waals surface area contributed by atoms with E-state index < -0.39 is 5.54 Å². The van der Waals surface area contributed by atoms with Crippen molar-refractivity contribution in [1.82, 2.24) is 0 Å². The Morgan fingerprint density at radius 3 is 2.45 bits per heavy atom. The Morgan fingerprint density at radius 1 is 1.30 bits per heavy atom. The summed E-state index contributed by atoms with van der Waals surface area (Å²) in [6, 6.07) is 4.95. The molecule has 0 fully saturated rings. The molecule has 110 valence electrons. The number of hydrogen-bond donors (Lipinski definition) is 1. The first-order valence-electron chi connectivity index (χ1n) is 6.58. The number of phenols is 1. The lowest BCUT2D eigenvalue weighted by molar-refractivity contribution is -0.112. The highest BCUT2D eigenvalue weighted by Gasteiger charge is 2.28. The number of carbonyl (C=O) groups excluding carboxylic acids is 1. The van der Waals surface area contributed by atoms with Gasteiger partial charge in [-0.2, -0.15) is 0 Å². The highest BCUT2D eigenvalue weighted by Crippen LogP contribution is 2.29. The van der Waals surface area contributed by atoms with Gasteiger partial charge in [0.05, 0.1) is 7.11 Å². The number of methoxy groups -OCH3 is 1. The Bertz CT molecular complexity index is 503. The number of rotatable bonds is 5. The van der Waals surface area contributed by atoms with Crippen LogP contribution < -0.4 is 4.74 Å². The minimum Gasteiger partial charge on any atom is -0.504 e. The maximum absolute atomic E-state index is 11.3. The number of hydrogen-bond acceptors (Lipinski definition) is 4. The highest BCUT2D eigenvalue weighted by atomic mass is 16.5. The number of nitrogens with zero attached hydrogens (tertiary/aromatic N) is 1. The van der Waals surface area contributed by atoms with E-state index in [0.29, 0.717) is 12.2 Å². The molecule has 0 heterocycles. The van der Waals surface area contributed by atoms with Crippen LogP contribution in [0.2, 0.25) is 0 Å². The van der Waals surface area contributed by atoms with Crippen LogP contribution in [0.5, 0.6) is 11.5 Å². The van der Waals surface area contributed by atoms with Crippen LogP contribution in [-0.4, -0.2) is 30.3 Å². The number of aliphatic imine (C=N–C) groups is 1. The third-order valence-electron chi connectivity index (χ3n) is 2.85. The number of carbonyl (C=O) groups is 1. The molecule has 4 nitrogen and oxygen atoms in total. The molecule has 0 radical (unpaired) electrons. The molecule has 0 aliphatic carbocycles. The molecule has 0 aromatic heterocycles. The van der Waals surface area contributed by atoms with Crippen molar-refractivity contribution in [3.05, 3.63) is 23.8 Å². The van der Waals surface area contributed by atoms with Gasteiger partial charge < -0.3 is 14.6 Å². The smallest absolute Gasteiger partial charge is 0.161 e. The van der Waals surface area contributed by atoms with Crippen LogP contribution in [0.3, 0.4) is 0 Å². The molecule has 1 aromatic carbocycles. The van der Waals surface area contributed by atoms with Gasteiger partial charge in [0.25, 0.3) is 0 Å². The van der Waals surface area contributed by atoms with Crippen LogP contribution in [0.1, 0.15) is 39.7 Å². The van der Waals surface area contributed by atoms with Crippen LogP contribution in [-0.2, 0) is 4.79 Å². The van der Waals surface area contributed by atoms with Crippen molar-refractivity contribution in [2.45, 2.75) is 39.7 Å². The van der Waals surface area contributed by atoms with E-state index in [2.05, 4.69) is 25.8 Å². The SMILES string of the molecule is COc1cc(C=NC(C)(C=O)CC(C)(C)C)ccc1O. The van der Waals surface area contributed by atoms with Crippen molar-refractivity contribution >= 4 is 12.5 Å². The van der Waals surface area contributed by atoms with Crippen molar-refractivity contribution in [2.24, 2.45) is 10.4 Å². The monoisotopic (exact) mass is 277 g/mol. The fourth-order valence-corrected chi connectivity index (χ4v) is 2.19. The van der Waals surface area contributed by atoms with Crippen LogP contribution >= 0.6 is 0 Å². The Kier molecular flexibility index (Phi) is 4.93. The molecular weight excluding hydrogens is 254 g/mol. The second-order valence-electron chi connectivity index (χ2n) is 6.40. The third-order valence-corrected chi connectivity index (χ3v) is 2.85. The fraction of sp³-hybridized carbons (Fsp3) is 0.500. The van der Waals surface area contributed by atoms with Gasteiger partial charge in [-0.3, -0.25) is 4.99 Å². The predicted octanol–water partition coefficient (Wildman–Crippen LogP) is 3.21. The van der Waals surface area contributed by atoms with E-state index in [1.54, 1.807) is 24.4 Å². The van der Waals surface area contributed by atoms with Gasteiger partial charge in [0.2, 0.25) is 0 Å². The van der Waals surface area contributed by atoms with Gasteiger partial charge in [-0.1, -0.05) is 20.8 Å². The van der Waals surface area contributed by atoms with E-state index in [9.17, 15) is 9.90 Å². The van der Waals surface area contributed by atoms with Crippen molar-refractivity contribution in [3.63, 3.8) is 0 Å². The number of benzene rings is 1. The van der Waals surface area contributed by atoms with E-state index in [-0.39, 0.29) is 11.2 Å². The molecule has 0 aliphatic rings. The molecule has 0 bridgehead atoms. The Hall–Kier alpha value is -1.84. The molecule has 1 aromatic rings. The summed E-state index contributed by atoms with van der Waals surface area (Å²) in [7, 11) is 1.49. The molecule has 20 heavy (non-hydrogen) atoms. The summed E-state index contributed by atoms with van der Waals surface area (Å²) in [5.74, 6) is 0.468. The topological polar surface area (TPSA) is 58.9 Å². The Balaban J connectivity index is 2.97. The minimum atomic E-state index is -0.747. The summed E-state index contributed by atoms with van der Waals surface area (Å²) in [4.78, 5) is 15.7. The van der Waals surface area contributed by atoms with Gasteiger partial charge >= 0.3 is 0 Å². The maximum Gasteiger partial charge on any atom is 0.161 e. The lowest BCUT2D eigenvalue weighted by Gasteiger charge is -2.27. The predicted molar refractivity (Wildman–Crippen MR) is 80.8 cm³/mol. The normalized spacial score (nSPS) is 15.1. The summed E-state index contributed by atoms with van der Waals surface area (Å²) in [5.41, 5.74) is 0.0462. The molecule has 4 heteroatoms. The molecule has 1 atom stereocenters. The zero-order chi connectivity index (χ0) is 15.4. The third kappa shape index (κ3) is 4.68. The molecular formula is C16H23NO3. The van der Waals surface area contributed by atoms with E-state index in [1.807, 2.05) is 6.92 Å². The first-order chi connectivity index (χ1) is 9.19. The van der Waals surface area contributed by atoms with E-state index in [4.69, 9.17) is 4.74 Å². The summed E-state index contributed by atoms with van der Waals surface area (Å²) in [5, 5.41) is 9.54. The molecule has 1 N–H and O–H groups in total. The van der Waals surface area contributed by atoms with Crippen molar-refractivity contribution in [2.75, 3.05) is 7.11 Å². The second kappa shape index (κ2) is 6.07. The fourth-order valence-electron chi connectivity index (χ4n) is 2.19. The number of phenolic OH excluding ortho intramolecular Hbond substituents is 1. The Labute approximate surface area is 120 Å². The lowest BCUT2D eigenvalue weighted by Crippen LogP contribution is -2.30. The zero-order valence-electron chi connectivity index (χ0n) is 12.8. The molecule has 0 spiro atoms. The highest BCUT2D eigenvalue weighted by molar-refractivity contribution is 5.83. The average molecular weight is 277 g/mol. The quantitative estimate of drug-likeness (QED) is 0.664. The standard InChI is InChI=1S/C16H23NO3/c1-15(2,3)10-16(4,11-18)17-9-12-6-7-13(19)14(8-12)20-5/h6-9,11,19H,10H2,1-5H3. The number of ether oxygens (including phenoxy) is 1. The summed E-state index contributed by atoms with van der Waals surface area (Å²) in [6.07, 6.45) is 3.18. The van der Waals surface area contributed by atoms with Gasteiger partial charge in [0.15, 0.2) is 11.5 Å². The number of aromatic hydroxyl groups is 1. The van der Waals surface area contributed by atoms with E-state index in [1.165, 1.54) is 7.11 Å². The van der Waals surface area contributed by atoms with E-state index in [0.717, 1.165) is 11.8 Å². The summed E-state index contributed by atoms with van der Waals surface area (Å²) in [6.45, 7) is 8.05. The molecule has 1 rings (SSSR count). The minimum absolute atomic E-state index is 0.0135. The summed E-state index contributed by atoms with van der Waals surface area (Å²) < 4.78 is 5.04. The largest absolute Gasteiger partial charge is 0.504 e. The molecule has 0 saturated heterocycles. The van der Waals surface area contributed by atoms with Gasteiger partial charge in [-0.15, -0.1) is 0 Å². The van der Waals surface area contributed by atoms with Gasteiger partial charge in [-0.05, 0) is 42.5 Å². The van der Waals surface area contributed by atoms with Gasteiger partial charge in [0, 0.05) is 6.21 Å². The average Bonchev–Trinajstić information content (AvgIpc) is 2.36.